The predicted molar refractivity (Wildman–Crippen MR) is 84.0 cm³/mol. The first-order valence-electron chi connectivity index (χ1n) is 7.26. The summed E-state index contributed by atoms with van der Waals surface area (Å²) in [7, 11) is 0. The van der Waals surface area contributed by atoms with E-state index in [4.69, 9.17) is 5.11 Å². The van der Waals surface area contributed by atoms with Crippen molar-refractivity contribution in [3.8, 4) is 5.69 Å². The topological polar surface area (TPSA) is 127 Å². The molecule has 0 bridgehead atoms. The summed E-state index contributed by atoms with van der Waals surface area (Å²) >= 11 is 0. The number of amides is 1. The smallest absolute Gasteiger partial charge is 0.326 e. The molecule has 0 saturated heterocycles. The van der Waals surface area contributed by atoms with Crippen LogP contribution >= 0.6 is 0 Å². The maximum absolute atomic E-state index is 12.1. The molecule has 0 fully saturated rings. The van der Waals surface area contributed by atoms with Crippen LogP contribution in [0.1, 0.15) is 30.3 Å². The van der Waals surface area contributed by atoms with E-state index in [2.05, 4.69) is 10.4 Å². The van der Waals surface area contributed by atoms with Crippen molar-refractivity contribution < 1.29 is 19.6 Å². The number of rotatable bonds is 7. The van der Waals surface area contributed by atoms with Crippen LogP contribution in [0.3, 0.4) is 0 Å². The number of benzene rings is 1. The highest BCUT2D eigenvalue weighted by atomic mass is 16.6. The Morgan fingerprint density at radius 1 is 1.33 bits per heavy atom. The van der Waals surface area contributed by atoms with Crippen LogP contribution in [0.25, 0.3) is 5.69 Å². The highest BCUT2D eigenvalue weighted by Gasteiger charge is 2.21. The molecule has 126 valence electrons. The lowest BCUT2D eigenvalue weighted by atomic mass is 10.1. The molecular weight excluding hydrogens is 316 g/mol. The highest BCUT2D eigenvalue weighted by molar-refractivity contribution is 5.94. The van der Waals surface area contributed by atoms with E-state index in [1.54, 1.807) is 0 Å². The second-order valence-electron chi connectivity index (χ2n) is 5.07. The van der Waals surface area contributed by atoms with Crippen molar-refractivity contribution in [3.63, 3.8) is 0 Å². The van der Waals surface area contributed by atoms with Crippen LogP contribution in [-0.2, 0) is 4.79 Å². The van der Waals surface area contributed by atoms with Crippen molar-refractivity contribution >= 4 is 17.6 Å². The highest BCUT2D eigenvalue weighted by Crippen LogP contribution is 2.15. The summed E-state index contributed by atoms with van der Waals surface area (Å²) in [5.41, 5.74) is 0.562. The number of aromatic nitrogens is 2. The summed E-state index contributed by atoms with van der Waals surface area (Å²) in [4.78, 5) is 33.3. The molecule has 1 aromatic heterocycles. The molecule has 0 spiro atoms. The minimum Gasteiger partial charge on any atom is -0.480 e. The van der Waals surface area contributed by atoms with Crippen molar-refractivity contribution in [1.82, 2.24) is 15.1 Å². The van der Waals surface area contributed by atoms with Gasteiger partial charge < -0.3 is 10.4 Å². The number of nitro groups is 1. The van der Waals surface area contributed by atoms with Crippen molar-refractivity contribution in [3.05, 3.63) is 52.3 Å². The summed E-state index contributed by atoms with van der Waals surface area (Å²) in [6.07, 6.45) is 2.46. The number of nitrogens with one attached hydrogen (secondary N) is 1. The Balaban J connectivity index is 2.13. The summed E-state index contributed by atoms with van der Waals surface area (Å²) in [5.74, 6) is -1.68. The quantitative estimate of drug-likeness (QED) is 0.587. The van der Waals surface area contributed by atoms with E-state index in [-0.39, 0.29) is 11.4 Å². The van der Waals surface area contributed by atoms with Crippen LogP contribution < -0.4 is 5.32 Å². The first-order valence-corrected chi connectivity index (χ1v) is 7.26. The van der Waals surface area contributed by atoms with Gasteiger partial charge in [-0.3, -0.25) is 14.9 Å². The summed E-state index contributed by atoms with van der Waals surface area (Å²) in [6, 6.07) is 6.15. The fraction of sp³-hybridized carbons (Fsp3) is 0.267. The minimum atomic E-state index is -1.10. The molecule has 2 rings (SSSR count). The van der Waals surface area contributed by atoms with Gasteiger partial charge in [-0.05, 0) is 24.6 Å². The molecule has 1 unspecified atom stereocenters. The molecule has 1 heterocycles. The molecule has 0 radical (unpaired) electrons. The van der Waals surface area contributed by atoms with Gasteiger partial charge in [0.05, 0.1) is 10.6 Å². The molecule has 9 heteroatoms. The maximum atomic E-state index is 12.1. The number of carbonyl (C=O) groups is 2. The van der Waals surface area contributed by atoms with Gasteiger partial charge in [-0.25, -0.2) is 9.48 Å². The number of non-ortho nitro benzene ring substituents is 1. The van der Waals surface area contributed by atoms with E-state index in [0.717, 1.165) is 0 Å². The van der Waals surface area contributed by atoms with E-state index >= 15 is 0 Å². The lowest BCUT2D eigenvalue weighted by Gasteiger charge is -2.12. The largest absolute Gasteiger partial charge is 0.480 e. The van der Waals surface area contributed by atoms with Crippen LogP contribution in [0.15, 0.2) is 36.5 Å². The van der Waals surface area contributed by atoms with Gasteiger partial charge in [-0.2, -0.15) is 5.10 Å². The zero-order chi connectivity index (χ0) is 17.7. The fourth-order valence-corrected chi connectivity index (χ4v) is 2.09. The van der Waals surface area contributed by atoms with Gasteiger partial charge in [-0.15, -0.1) is 0 Å². The first kappa shape index (κ1) is 17.1. The monoisotopic (exact) mass is 332 g/mol. The van der Waals surface area contributed by atoms with Crippen molar-refractivity contribution in [2.24, 2.45) is 0 Å². The number of nitro benzene ring substituents is 1. The summed E-state index contributed by atoms with van der Waals surface area (Å²) < 4.78 is 1.38. The van der Waals surface area contributed by atoms with Gasteiger partial charge >= 0.3 is 5.97 Å². The first-order chi connectivity index (χ1) is 11.4. The molecule has 0 aliphatic rings. The Morgan fingerprint density at radius 3 is 2.54 bits per heavy atom. The van der Waals surface area contributed by atoms with E-state index in [0.29, 0.717) is 18.5 Å². The van der Waals surface area contributed by atoms with Gasteiger partial charge in [0.1, 0.15) is 6.04 Å². The number of aliphatic carboxylic acids is 1. The number of nitrogens with zero attached hydrogens (tertiary/aromatic N) is 3. The van der Waals surface area contributed by atoms with Crippen molar-refractivity contribution in [2.75, 3.05) is 0 Å². The molecular formula is C15H16N4O5. The number of carboxylic acid groups (broad SMARTS) is 1. The molecule has 0 aliphatic heterocycles. The van der Waals surface area contributed by atoms with E-state index in [1.165, 1.54) is 41.2 Å². The number of hydrogen-bond donors (Lipinski definition) is 2. The van der Waals surface area contributed by atoms with E-state index in [9.17, 15) is 19.7 Å². The third-order valence-electron chi connectivity index (χ3n) is 3.33. The van der Waals surface area contributed by atoms with Gasteiger partial charge in [-0.1, -0.05) is 13.3 Å². The number of carboxylic acids is 1. The Morgan fingerprint density at radius 2 is 2.00 bits per heavy atom. The zero-order valence-electron chi connectivity index (χ0n) is 12.9. The van der Waals surface area contributed by atoms with Gasteiger partial charge in [0.2, 0.25) is 0 Å². The van der Waals surface area contributed by atoms with Crippen LogP contribution in [0, 0.1) is 10.1 Å². The average Bonchev–Trinajstić information content (AvgIpc) is 3.04. The third kappa shape index (κ3) is 3.94. The standard InChI is InChI=1S/C15H16N4O5/c1-2-3-13(15(21)22)16-14(20)12-8-9-18(17-12)10-4-6-11(7-5-10)19(23)24/h4-9,13H,2-3H2,1H3,(H,16,20)(H,21,22). The number of hydrogen-bond acceptors (Lipinski definition) is 5. The zero-order valence-corrected chi connectivity index (χ0v) is 12.9. The fourth-order valence-electron chi connectivity index (χ4n) is 2.09. The summed E-state index contributed by atoms with van der Waals surface area (Å²) in [5, 5.41) is 26.2. The molecule has 2 aromatic rings. The van der Waals surface area contributed by atoms with Gasteiger partial charge in [0.25, 0.3) is 11.6 Å². The number of carbonyl (C=O) groups excluding carboxylic acids is 1. The molecule has 0 saturated carbocycles. The summed E-state index contributed by atoms with van der Waals surface area (Å²) in [6.45, 7) is 1.82. The molecule has 1 amide bonds. The molecule has 1 aromatic carbocycles. The molecule has 24 heavy (non-hydrogen) atoms. The Hall–Kier alpha value is -3.23. The van der Waals surface area contributed by atoms with Crippen LogP contribution in [0.4, 0.5) is 5.69 Å². The molecule has 2 N–H and O–H groups in total. The third-order valence-corrected chi connectivity index (χ3v) is 3.33. The predicted octanol–water partition coefficient (Wildman–Crippen LogP) is 1.76. The lowest BCUT2D eigenvalue weighted by molar-refractivity contribution is -0.384. The van der Waals surface area contributed by atoms with Crippen LogP contribution in [0.5, 0.6) is 0 Å². The van der Waals surface area contributed by atoms with Crippen molar-refractivity contribution in [1.29, 1.82) is 0 Å². The molecule has 1 atom stereocenters. The van der Waals surface area contributed by atoms with Gasteiger partial charge in [0.15, 0.2) is 5.69 Å². The van der Waals surface area contributed by atoms with E-state index in [1.807, 2.05) is 6.92 Å². The molecule has 9 nitrogen and oxygen atoms in total. The van der Waals surface area contributed by atoms with Crippen LogP contribution in [0.2, 0.25) is 0 Å². The minimum absolute atomic E-state index is 0.0484. The second-order valence-corrected chi connectivity index (χ2v) is 5.07. The Labute approximate surface area is 137 Å². The van der Waals surface area contributed by atoms with Crippen molar-refractivity contribution in [2.45, 2.75) is 25.8 Å². The normalized spacial score (nSPS) is 11.7. The van der Waals surface area contributed by atoms with E-state index < -0.39 is 22.8 Å². The second kappa shape index (κ2) is 7.36. The van der Waals surface area contributed by atoms with Gasteiger partial charge in [0, 0.05) is 18.3 Å². The van der Waals surface area contributed by atoms with Crippen LogP contribution in [-0.4, -0.2) is 37.7 Å². The SMILES string of the molecule is CCCC(NC(=O)c1ccn(-c2ccc([N+](=O)[O-])cc2)n1)C(=O)O. The Bertz CT molecular complexity index is 753. The maximum Gasteiger partial charge on any atom is 0.326 e. The Kier molecular flexibility index (Phi) is 5.25. The lowest BCUT2D eigenvalue weighted by Crippen LogP contribution is -2.40. The average molecular weight is 332 g/mol. The molecule has 0 aliphatic carbocycles.